The minimum absolute atomic E-state index is 0.496. The Morgan fingerprint density at radius 1 is 1.36 bits per heavy atom. The molecule has 0 amide bonds. The molecule has 1 fully saturated rings. The molecule has 0 saturated heterocycles. The average molecular weight is 157 g/mol. The molecule has 2 atom stereocenters. The van der Waals surface area contributed by atoms with Gasteiger partial charge in [0.1, 0.15) is 0 Å². The summed E-state index contributed by atoms with van der Waals surface area (Å²) in [5.74, 6) is 0.741. The van der Waals surface area contributed by atoms with Crippen LogP contribution < -0.4 is 5.48 Å². The van der Waals surface area contributed by atoms with Crippen LogP contribution in [0.2, 0.25) is 0 Å². The van der Waals surface area contributed by atoms with Crippen molar-refractivity contribution in [3.63, 3.8) is 0 Å². The van der Waals surface area contributed by atoms with Crippen molar-refractivity contribution in [1.29, 1.82) is 0 Å². The smallest absolute Gasteiger partial charge is 0.0572 e. The van der Waals surface area contributed by atoms with Crippen LogP contribution in [0.5, 0.6) is 0 Å². The van der Waals surface area contributed by atoms with E-state index in [4.69, 9.17) is 4.84 Å². The van der Waals surface area contributed by atoms with E-state index >= 15 is 0 Å². The largest absolute Gasteiger partial charge is 0.305 e. The summed E-state index contributed by atoms with van der Waals surface area (Å²) in [5, 5.41) is 0. The van der Waals surface area contributed by atoms with Crippen LogP contribution in [0.3, 0.4) is 0 Å². The summed E-state index contributed by atoms with van der Waals surface area (Å²) in [6.07, 6.45) is 2.52. The van der Waals surface area contributed by atoms with Crippen LogP contribution in [0.4, 0.5) is 0 Å². The molecule has 0 spiro atoms. The predicted molar refractivity (Wildman–Crippen MR) is 46.1 cm³/mol. The van der Waals surface area contributed by atoms with Crippen LogP contribution in [0, 0.1) is 11.3 Å². The molecule has 0 aromatic rings. The molecule has 0 aromatic carbocycles. The highest BCUT2D eigenvalue weighted by Gasteiger charge is 2.36. The summed E-state index contributed by atoms with van der Waals surface area (Å²) in [4.78, 5) is 4.94. The first-order valence-electron chi connectivity index (χ1n) is 4.34. The van der Waals surface area contributed by atoms with Gasteiger partial charge in [-0.3, -0.25) is 0 Å². The molecule has 2 unspecified atom stereocenters. The van der Waals surface area contributed by atoms with Crippen molar-refractivity contribution in [3.05, 3.63) is 0 Å². The first-order valence-corrected chi connectivity index (χ1v) is 4.34. The zero-order valence-corrected chi connectivity index (χ0v) is 7.98. The summed E-state index contributed by atoms with van der Waals surface area (Å²) < 4.78 is 0. The maximum Gasteiger partial charge on any atom is 0.0572 e. The molecule has 0 heterocycles. The second kappa shape index (κ2) is 3.11. The Balaban J connectivity index is 2.45. The molecule has 0 aromatic heterocycles. The standard InChI is InChI=1S/C9H19NO/c1-7-5-9(2,3)6-8(7)10-11-4/h7-8,10H,5-6H2,1-4H3. The second-order valence-corrected chi connectivity index (χ2v) is 4.48. The van der Waals surface area contributed by atoms with Gasteiger partial charge in [-0.05, 0) is 24.2 Å². The van der Waals surface area contributed by atoms with Gasteiger partial charge in [0.25, 0.3) is 0 Å². The molecule has 2 heteroatoms. The van der Waals surface area contributed by atoms with E-state index in [0.717, 1.165) is 5.92 Å². The van der Waals surface area contributed by atoms with Crippen LogP contribution in [0.25, 0.3) is 0 Å². The van der Waals surface area contributed by atoms with Crippen molar-refractivity contribution in [2.24, 2.45) is 11.3 Å². The molecule has 0 bridgehead atoms. The van der Waals surface area contributed by atoms with Gasteiger partial charge in [-0.1, -0.05) is 20.8 Å². The molecule has 0 radical (unpaired) electrons. The van der Waals surface area contributed by atoms with E-state index in [0.29, 0.717) is 11.5 Å². The number of nitrogens with one attached hydrogen (secondary N) is 1. The summed E-state index contributed by atoms with van der Waals surface area (Å²) in [5.41, 5.74) is 3.55. The van der Waals surface area contributed by atoms with E-state index in [-0.39, 0.29) is 0 Å². The fourth-order valence-electron chi connectivity index (χ4n) is 2.20. The molecule has 0 aliphatic heterocycles. The third kappa shape index (κ3) is 2.17. The second-order valence-electron chi connectivity index (χ2n) is 4.48. The van der Waals surface area contributed by atoms with Gasteiger partial charge in [-0.2, -0.15) is 5.48 Å². The van der Waals surface area contributed by atoms with Crippen LogP contribution in [0.15, 0.2) is 0 Å². The van der Waals surface area contributed by atoms with Gasteiger partial charge in [0.2, 0.25) is 0 Å². The van der Waals surface area contributed by atoms with E-state index < -0.39 is 0 Å². The summed E-state index contributed by atoms with van der Waals surface area (Å²) >= 11 is 0. The Labute approximate surface area is 69.3 Å². The number of rotatable bonds is 2. The van der Waals surface area contributed by atoms with Gasteiger partial charge < -0.3 is 4.84 Å². The first kappa shape index (κ1) is 9.01. The molecule has 66 valence electrons. The van der Waals surface area contributed by atoms with Gasteiger partial charge in [0.05, 0.1) is 7.11 Å². The predicted octanol–water partition coefficient (Wildman–Crippen LogP) is 1.96. The molecule has 2 nitrogen and oxygen atoms in total. The summed E-state index contributed by atoms with van der Waals surface area (Å²) in [6.45, 7) is 6.92. The lowest BCUT2D eigenvalue weighted by molar-refractivity contribution is 0.0495. The van der Waals surface area contributed by atoms with E-state index in [1.807, 2.05) is 0 Å². The molecule has 1 N–H and O–H groups in total. The normalized spacial score (nSPS) is 36.0. The van der Waals surface area contributed by atoms with E-state index in [1.54, 1.807) is 7.11 Å². The Kier molecular flexibility index (Phi) is 2.55. The number of hydroxylamine groups is 1. The molecule has 1 aliphatic rings. The fraction of sp³-hybridized carbons (Fsp3) is 1.00. The van der Waals surface area contributed by atoms with Crippen LogP contribution >= 0.6 is 0 Å². The fourth-order valence-corrected chi connectivity index (χ4v) is 2.20. The molecule has 1 aliphatic carbocycles. The highest BCUT2D eigenvalue weighted by Crippen LogP contribution is 2.40. The van der Waals surface area contributed by atoms with Crippen molar-refractivity contribution in [1.82, 2.24) is 5.48 Å². The van der Waals surface area contributed by atoms with Gasteiger partial charge in [0, 0.05) is 6.04 Å². The van der Waals surface area contributed by atoms with Crippen LogP contribution in [0.1, 0.15) is 33.6 Å². The lowest BCUT2D eigenvalue weighted by atomic mass is 9.91. The Morgan fingerprint density at radius 2 is 2.00 bits per heavy atom. The van der Waals surface area contributed by atoms with E-state index in [1.165, 1.54) is 12.8 Å². The Morgan fingerprint density at radius 3 is 2.36 bits per heavy atom. The molecule has 1 rings (SSSR count). The third-order valence-electron chi connectivity index (χ3n) is 2.60. The summed E-state index contributed by atoms with van der Waals surface area (Å²) in [6, 6.07) is 0.551. The van der Waals surface area contributed by atoms with Crippen molar-refractivity contribution in [2.75, 3.05) is 7.11 Å². The Hall–Kier alpha value is -0.0800. The van der Waals surface area contributed by atoms with Crippen molar-refractivity contribution in [3.8, 4) is 0 Å². The van der Waals surface area contributed by atoms with Crippen molar-refractivity contribution >= 4 is 0 Å². The van der Waals surface area contributed by atoms with Crippen molar-refractivity contribution < 1.29 is 4.84 Å². The highest BCUT2D eigenvalue weighted by atomic mass is 16.6. The monoisotopic (exact) mass is 157 g/mol. The maximum absolute atomic E-state index is 4.94. The lowest BCUT2D eigenvalue weighted by Crippen LogP contribution is -2.30. The van der Waals surface area contributed by atoms with E-state index in [9.17, 15) is 0 Å². The number of hydrogen-bond donors (Lipinski definition) is 1. The minimum atomic E-state index is 0.496. The molecular formula is C9H19NO. The lowest BCUT2D eigenvalue weighted by Gasteiger charge is -2.16. The van der Waals surface area contributed by atoms with Gasteiger partial charge in [-0.15, -0.1) is 0 Å². The van der Waals surface area contributed by atoms with Crippen LogP contribution in [-0.2, 0) is 4.84 Å². The Bertz CT molecular complexity index is 134. The maximum atomic E-state index is 4.94. The zero-order valence-electron chi connectivity index (χ0n) is 7.98. The van der Waals surface area contributed by atoms with Crippen molar-refractivity contribution in [2.45, 2.75) is 39.7 Å². The topological polar surface area (TPSA) is 21.3 Å². The van der Waals surface area contributed by atoms with Gasteiger partial charge >= 0.3 is 0 Å². The highest BCUT2D eigenvalue weighted by molar-refractivity contribution is 4.89. The summed E-state index contributed by atoms with van der Waals surface area (Å²) in [7, 11) is 1.69. The first-order chi connectivity index (χ1) is 5.05. The SMILES string of the molecule is CONC1CC(C)(C)CC1C. The zero-order chi connectivity index (χ0) is 8.48. The van der Waals surface area contributed by atoms with Crippen LogP contribution in [-0.4, -0.2) is 13.2 Å². The number of hydrogen-bond acceptors (Lipinski definition) is 2. The quantitative estimate of drug-likeness (QED) is 0.619. The van der Waals surface area contributed by atoms with E-state index in [2.05, 4.69) is 26.3 Å². The molecule has 11 heavy (non-hydrogen) atoms. The molecular weight excluding hydrogens is 138 g/mol. The average Bonchev–Trinajstić information content (AvgIpc) is 2.07. The molecule has 1 saturated carbocycles. The van der Waals surface area contributed by atoms with Gasteiger partial charge in [0.15, 0.2) is 0 Å². The minimum Gasteiger partial charge on any atom is -0.305 e. The third-order valence-corrected chi connectivity index (χ3v) is 2.60. The van der Waals surface area contributed by atoms with Gasteiger partial charge in [-0.25, -0.2) is 0 Å².